The van der Waals surface area contributed by atoms with Crippen LogP contribution >= 0.6 is 23.1 Å². The molecule has 2 N–H and O–H groups in total. The lowest BCUT2D eigenvalue weighted by atomic mass is 9.97. The Morgan fingerprint density at radius 3 is 2.76 bits per heavy atom. The molecule has 4 aromatic heterocycles. The third-order valence-corrected chi connectivity index (χ3v) is 8.53. The van der Waals surface area contributed by atoms with Gasteiger partial charge in [0.1, 0.15) is 15.7 Å². The van der Waals surface area contributed by atoms with Crippen LogP contribution in [-0.4, -0.2) is 46.1 Å². The molecule has 1 aliphatic rings. The number of nitrogens with one attached hydrogen (secondary N) is 2. The molecule has 4 heterocycles. The number of rotatable bonds is 6. The average Bonchev–Trinajstić information content (AvgIpc) is 3.65. The molecule has 12 heteroatoms. The molecule has 6 aromatic rings. The molecule has 1 aliphatic carbocycles. The smallest absolute Gasteiger partial charge is 0.234 e. The predicted octanol–water partition coefficient (Wildman–Crippen LogP) is 4.75. The van der Waals surface area contributed by atoms with Gasteiger partial charge in [0, 0.05) is 10.3 Å². The number of H-pyrrole nitrogens is 1. The lowest BCUT2D eigenvalue weighted by molar-refractivity contribution is -0.115. The number of imidazole rings is 1. The summed E-state index contributed by atoms with van der Waals surface area (Å²) in [6.45, 7) is 0. The molecule has 0 atom stereocenters. The number of para-hydroxylation sites is 3. The topological polar surface area (TPSA) is 127 Å². The van der Waals surface area contributed by atoms with Crippen molar-refractivity contribution in [3.63, 3.8) is 0 Å². The Morgan fingerprint density at radius 1 is 1.03 bits per heavy atom. The van der Waals surface area contributed by atoms with Crippen molar-refractivity contribution >= 4 is 56.2 Å². The number of hydrogen-bond acceptors (Lipinski definition) is 9. The van der Waals surface area contributed by atoms with Crippen molar-refractivity contribution in [2.45, 2.75) is 42.3 Å². The van der Waals surface area contributed by atoms with Crippen molar-refractivity contribution in [2.75, 3.05) is 5.32 Å². The summed E-state index contributed by atoms with van der Waals surface area (Å²) in [7, 11) is 0. The van der Waals surface area contributed by atoms with Gasteiger partial charge in [-0.15, -0.1) is 16.4 Å². The zero-order chi connectivity index (χ0) is 25.5. The first-order valence-corrected chi connectivity index (χ1v) is 13.9. The Hall–Kier alpha value is -4.16. The van der Waals surface area contributed by atoms with Crippen LogP contribution in [0.1, 0.15) is 29.1 Å². The normalized spacial score (nSPS) is 13.2. The first kappa shape index (κ1) is 23.0. The molecular weight excluding hydrogens is 518 g/mol. The highest BCUT2D eigenvalue weighted by atomic mass is 32.2. The molecule has 0 spiro atoms. The maximum atomic E-state index is 13.0. The maximum absolute atomic E-state index is 13.0. The number of carbonyl (C=O) groups excluding carboxylic acids is 1. The van der Waals surface area contributed by atoms with Crippen LogP contribution in [0.5, 0.6) is 0 Å². The van der Waals surface area contributed by atoms with Crippen LogP contribution in [0.3, 0.4) is 0 Å². The second-order valence-corrected chi connectivity index (χ2v) is 11.0. The number of aromatic amines is 1. The number of anilines is 1. The molecule has 0 unspecified atom stereocenters. The predicted molar refractivity (Wildman–Crippen MR) is 146 cm³/mol. The second-order valence-electron chi connectivity index (χ2n) is 8.97. The molecule has 0 radical (unpaired) electrons. The van der Waals surface area contributed by atoms with Gasteiger partial charge in [-0.05, 0) is 77.7 Å². The van der Waals surface area contributed by atoms with Gasteiger partial charge < -0.3 is 4.98 Å². The molecule has 0 fully saturated rings. The van der Waals surface area contributed by atoms with E-state index in [1.54, 1.807) is 16.0 Å². The minimum Gasteiger partial charge on any atom is -0.324 e. The highest BCUT2D eigenvalue weighted by molar-refractivity contribution is 7.99. The van der Waals surface area contributed by atoms with Gasteiger partial charge in [0.15, 0.2) is 0 Å². The van der Waals surface area contributed by atoms with E-state index < -0.39 is 0 Å². The third-order valence-electron chi connectivity index (χ3n) is 6.42. The summed E-state index contributed by atoms with van der Waals surface area (Å²) in [5.74, 6) is 0.612. The van der Waals surface area contributed by atoms with E-state index in [1.165, 1.54) is 28.6 Å². The van der Waals surface area contributed by atoms with Crippen LogP contribution in [0, 0.1) is 0 Å². The summed E-state index contributed by atoms with van der Waals surface area (Å²) in [6.07, 6.45) is 4.39. The number of aryl methyl sites for hydroxylation is 2. The van der Waals surface area contributed by atoms with Crippen molar-refractivity contribution < 1.29 is 4.79 Å². The fourth-order valence-electron chi connectivity index (χ4n) is 4.71. The highest BCUT2D eigenvalue weighted by Gasteiger charge is 2.24. The zero-order valence-electron chi connectivity index (χ0n) is 20.1. The lowest BCUT2D eigenvalue weighted by Crippen LogP contribution is -2.17. The third kappa shape index (κ3) is 4.31. The van der Waals surface area contributed by atoms with Crippen molar-refractivity contribution in [3.05, 3.63) is 70.9 Å². The largest absolute Gasteiger partial charge is 0.324 e. The maximum Gasteiger partial charge on any atom is 0.234 e. The van der Waals surface area contributed by atoms with Gasteiger partial charge in [-0.1, -0.05) is 30.3 Å². The van der Waals surface area contributed by atoms with Crippen LogP contribution in [0.2, 0.25) is 0 Å². The van der Waals surface area contributed by atoms with Crippen LogP contribution in [0.15, 0.2) is 64.8 Å². The van der Waals surface area contributed by atoms with E-state index in [9.17, 15) is 4.79 Å². The zero-order valence-corrected chi connectivity index (χ0v) is 21.7. The lowest BCUT2D eigenvalue weighted by Gasteiger charge is -2.12. The standard InChI is InChI=1S/C26H21N9OS2/c36-21(31-25-27-17-11-5-6-12-18(17)28-25)14-20-29-23-22(16-10-4-7-13-19(16)37-23)24(30-20)38-26-32-33-34-35(26)15-8-2-1-3-9-15/h1-3,5-6,8-9,11-12H,4,7,10,13-14H2,(H2,27,28,31,36). The van der Waals surface area contributed by atoms with E-state index in [0.717, 1.165) is 51.2 Å². The SMILES string of the molecule is O=C(Cc1nc(Sc2nnnn2-c2ccccc2)c2c3c(sc2n1)CCCC3)Nc1nc2ccccc2[nH]1. The number of nitrogens with zero attached hydrogens (tertiary/aromatic N) is 7. The minimum atomic E-state index is -0.241. The van der Waals surface area contributed by atoms with E-state index in [-0.39, 0.29) is 12.3 Å². The summed E-state index contributed by atoms with van der Waals surface area (Å²) in [5, 5.41) is 17.7. The average molecular weight is 540 g/mol. The van der Waals surface area contributed by atoms with E-state index in [0.29, 0.717) is 16.9 Å². The van der Waals surface area contributed by atoms with Crippen molar-refractivity contribution in [3.8, 4) is 5.69 Å². The van der Waals surface area contributed by atoms with Gasteiger partial charge in [-0.25, -0.2) is 15.0 Å². The van der Waals surface area contributed by atoms with E-state index >= 15 is 0 Å². The number of amides is 1. The molecule has 0 saturated carbocycles. The molecule has 0 bridgehead atoms. The molecular formula is C26H21N9OS2. The number of tetrazole rings is 1. The summed E-state index contributed by atoms with van der Waals surface area (Å²) in [5.41, 5.74) is 3.83. The molecule has 2 aromatic carbocycles. The van der Waals surface area contributed by atoms with Gasteiger partial charge in [-0.2, -0.15) is 4.68 Å². The van der Waals surface area contributed by atoms with Crippen molar-refractivity contribution in [2.24, 2.45) is 0 Å². The van der Waals surface area contributed by atoms with E-state index in [2.05, 4.69) is 30.8 Å². The summed E-state index contributed by atoms with van der Waals surface area (Å²) >= 11 is 3.11. The summed E-state index contributed by atoms with van der Waals surface area (Å²) in [4.78, 5) is 32.5. The van der Waals surface area contributed by atoms with Crippen molar-refractivity contribution in [1.29, 1.82) is 0 Å². The monoisotopic (exact) mass is 539 g/mol. The number of benzene rings is 2. The second kappa shape index (κ2) is 9.62. The Morgan fingerprint density at radius 2 is 1.87 bits per heavy atom. The van der Waals surface area contributed by atoms with Gasteiger partial charge >= 0.3 is 0 Å². The highest BCUT2D eigenvalue weighted by Crippen LogP contribution is 2.41. The number of aromatic nitrogens is 8. The Balaban J connectivity index is 1.23. The Bertz CT molecular complexity index is 1760. The quantitative estimate of drug-likeness (QED) is 0.290. The van der Waals surface area contributed by atoms with Gasteiger partial charge in [0.25, 0.3) is 0 Å². The number of hydrogen-bond donors (Lipinski definition) is 2. The van der Waals surface area contributed by atoms with Gasteiger partial charge in [0.05, 0.1) is 23.1 Å². The first-order chi connectivity index (χ1) is 18.7. The van der Waals surface area contributed by atoms with Gasteiger partial charge in [0.2, 0.25) is 17.0 Å². The molecule has 0 saturated heterocycles. The van der Waals surface area contributed by atoms with Crippen LogP contribution in [-0.2, 0) is 24.1 Å². The summed E-state index contributed by atoms with van der Waals surface area (Å²) < 4.78 is 1.70. The molecule has 0 aliphatic heterocycles. The van der Waals surface area contributed by atoms with Crippen LogP contribution in [0.25, 0.3) is 26.9 Å². The number of carbonyl (C=O) groups is 1. The van der Waals surface area contributed by atoms with Crippen LogP contribution in [0.4, 0.5) is 5.95 Å². The van der Waals surface area contributed by atoms with E-state index in [1.807, 2.05) is 54.6 Å². The molecule has 188 valence electrons. The number of fused-ring (bicyclic) bond motifs is 4. The first-order valence-electron chi connectivity index (χ1n) is 12.3. The molecule has 38 heavy (non-hydrogen) atoms. The van der Waals surface area contributed by atoms with Crippen molar-refractivity contribution in [1.82, 2.24) is 40.1 Å². The van der Waals surface area contributed by atoms with Gasteiger partial charge in [-0.3, -0.25) is 10.1 Å². The number of thiophene rings is 1. The Labute approximate surface area is 224 Å². The molecule has 7 rings (SSSR count). The molecule has 1 amide bonds. The van der Waals surface area contributed by atoms with E-state index in [4.69, 9.17) is 9.97 Å². The summed E-state index contributed by atoms with van der Waals surface area (Å²) in [6, 6.07) is 17.4. The minimum absolute atomic E-state index is 0.0206. The Kier molecular flexibility index (Phi) is 5.82. The fourth-order valence-corrected chi connectivity index (χ4v) is 7.01. The fraction of sp³-hybridized carbons (Fsp3) is 0.192. The molecule has 10 nitrogen and oxygen atoms in total. The van der Waals surface area contributed by atoms with Crippen LogP contribution < -0.4 is 5.32 Å².